The first-order chi connectivity index (χ1) is 7.82. The quantitative estimate of drug-likeness (QED) is 0.731. The predicted molar refractivity (Wildman–Crippen MR) is 65.3 cm³/mol. The molecule has 5 nitrogen and oxygen atoms in total. The molecule has 96 valence electrons. The molecule has 1 fully saturated rings. The Morgan fingerprint density at radius 1 is 1.41 bits per heavy atom. The number of sulfone groups is 1. The van der Waals surface area contributed by atoms with Gasteiger partial charge in [0.25, 0.3) is 5.91 Å². The van der Waals surface area contributed by atoms with Crippen LogP contribution in [0.5, 0.6) is 0 Å². The molecular weight excluding hydrogens is 240 g/mol. The number of carbonyl (C=O) groups excluding carboxylic acids is 1. The maximum atomic E-state index is 12.2. The van der Waals surface area contributed by atoms with E-state index < -0.39 is 9.84 Å². The van der Waals surface area contributed by atoms with Crippen LogP contribution in [0.25, 0.3) is 0 Å². The van der Waals surface area contributed by atoms with Gasteiger partial charge in [0.05, 0.1) is 23.5 Å². The van der Waals surface area contributed by atoms with Gasteiger partial charge in [-0.25, -0.2) is 13.4 Å². The van der Waals surface area contributed by atoms with Crippen LogP contribution in [0.2, 0.25) is 0 Å². The van der Waals surface area contributed by atoms with Crippen LogP contribution in [-0.2, 0) is 14.6 Å². The molecule has 2 rings (SSSR count). The van der Waals surface area contributed by atoms with E-state index in [4.69, 9.17) is 0 Å². The molecule has 2 heterocycles. The highest BCUT2D eigenvalue weighted by Crippen LogP contribution is 2.28. The number of rotatable bonds is 2. The SMILES string of the molecule is CC1=NN(C2CCS(=O)(=O)C2)C(=O)C1C(C)C. The molecule has 0 aromatic rings. The second kappa shape index (κ2) is 4.08. The Hall–Kier alpha value is -0.910. The average molecular weight is 258 g/mol. The summed E-state index contributed by atoms with van der Waals surface area (Å²) in [7, 11) is -2.97. The second-order valence-electron chi connectivity index (χ2n) is 5.20. The summed E-state index contributed by atoms with van der Waals surface area (Å²) in [5.41, 5.74) is 0.800. The lowest BCUT2D eigenvalue weighted by Crippen LogP contribution is -2.38. The zero-order chi connectivity index (χ0) is 12.8. The molecule has 0 saturated carbocycles. The van der Waals surface area contributed by atoms with Crippen molar-refractivity contribution in [3.8, 4) is 0 Å². The summed E-state index contributed by atoms with van der Waals surface area (Å²) in [5, 5.41) is 5.66. The molecule has 2 unspecified atom stereocenters. The molecule has 1 saturated heterocycles. The summed E-state index contributed by atoms with van der Waals surface area (Å²) in [4.78, 5) is 12.2. The van der Waals surface area contributed by atoms with Gasteiger partial charge >= 0.3 is 0 Å². The number of hydrogen-bond donors (Lipinski definition) is 0. The highest BCUT2D eigenvalue weighted by molar-refractivity contribution is 7.91. The van der Waals surface area contributed by atoms with Gasteiger partial charge in [0.2, 0.25) is 0 Å². The van der Waals surface area contributed by atoms with Crippen molar-refractivity contribution in [1.82, 2.24) is 5.01 Å². The van der Waals surface area contributed by atoms with Gasteiger partial charge in [-0.15, -0.1) is 0 Å². The molecule has 0 aromatic carbocycles. The molecule has 1 amide bonds. The van der Waals surface area contributed by atoms with Crippen molar-refractivity contribution in [2.75, 3.05) is 11.5 Å². The normalized spacial score (nSPS) is 32.4. The molecule has 6 heteroatoms. The smallest absolute Gasteiger partial charge is 0.252 e. The van der Waals surface area contributed by atoms with Crippen LogP contribution >= 0.6 is 0 Å². The minimum Gasteiger partial charge on any atom is -0.272 e. The highest BCUT2D eigenvalue weighted by Gasteiger charge is 2.42. The van der Waals surface area contributed by atoms with E-state index >= 15 is 0 Å². The maximum absolute atomic E-state index is 12.2. The summed E-state index contributed by atoms with van der Waals surface area (Å²) >= 11 is 0. The topological polar surface area (TPSA) is 66.8 Å². The van der Waals surface area contributed by atoms with Crippen LogP contribution in [0, 0.1) is 11.8 Å². The van der Waals surface area contributed by atoms with Gasteiger partial charge in [-0.05, 0) is 19.3 Å². The van der Waals surface area contributed by atoms with Gasteiger partial charge in [0.1, 0.15) is 0 Å². The van der Waals surface area contributed by atoms with E-state index in [0.29, 0.717) is 6.42 Å². The Labute approximate surface area is 102 Å². The van der Waals surface area contributed by atoms with Gasteiger partial charge in [-0.3, -0.25) is 4.79 Å². The van der Waals surface area contributed by atoms with Crippen LogP contribution in [0.3, 0.4) is 0 Å². The first kappa shape index (κ1) is 12.5. The number of carbonyl (C=O) groups is 1. The number of amides is 1. The lowest BCUT2D eigenvalue weighted by molar-refractivity contribution is -0.134. The zero-order valence-electron chi connectivity index (χ0n) is 10.4. The highest BCUT2D eigenvalue weighted by atomic mass is 32.2. The van der Waals surface area contributed by atoms with Crippen LogP contribution in [0.4, 0.5) is 0 Å². The van der Waals surface area contributed by atoms with Crippen molar-refractivity contribution in [1.29, 1.82) is 0 Å². The Morgan fingerprint density at radius 3 is 2.47 bits per heavy atom. The molecule has 0 bridgehead atoms. The van der Waals surface area contributed by atoms with E-state index in [1.807, 2.05) is 20.8 Å². The third kappa shape index (κ3) is 2.22. The lowest BCUT2D eigenvalue weighted by Gasteiger charge is -2.21. The van der Waals surface area contributed by atoms with Crippen molar-refractivity contribution in [3.63, 3.8) is 0 Å². The van der Waals surface area contributed by atoms with E-state index in [-0.39, 0.29) is 35.3 Å². The van der Waals surface area contributed by atoms with Gasteiger partial charge in [-0.1, -0.05) is 13.8 Å². The molecule has 2 atom stereocenters. The van der Waals surface area contributed by atoms with E-state index in [9.17, 15) is 13.2 Å². The van der Waals surface area contributed by atoms with E-state index in [1.165, 1.54) is 5.01 Å². The van der Waals surface area contributed by atoms with Crippen molar-refractivity contribution in [3.05, 3.63) is 0 Å². The predicted octanol–water partition coefficient (Wildman–Crippen LogP) is 0.664. The number of hydrazone groups is 1. The minimum absolute atomic E-state index is 0.0420. The molecule has 0 radical (unpaired) electrons. The molecule has 17 heavy (non-hydrogen) atoms. The summed E-state index contributed by atoms with van der Waals surface area (Å²) in [6, 6.07) is -0.258. The molecule has 2 aliphatic rings. The van der Waals surface area contributed by atoms with Crippen LogP contribution in [0.1, 0.15) is 27.2 Å². The Kier molecular flexibility index (Phi) is 3.01. The largest absolute Gasteiger partial charge is 0.272 e. The van der Waals surface area contributed by atoms with Gasteiger partial charge in [-0.2, -0.15) is 5.10 Å². The first-order valence-corrected chi connectivity index (χ1v) is 7.72. The summed E-state index contributed by atoms with van der Waals surface area (Å²) in [6.45, 7) is 5.80. The van der Waals surface area contributed by atoms with Crippen LogP contribution < -0.4 is 0 Å². The van der Waals surface area contributed by atoms with Crippen molar-refractivity contribution >= 4 is 21.5 Å². The fraction of sp³-hybridized carbons (Fsp3) is 0.818. The van der Waals surface area contributed by atoms with Gasteiger partial charge < -0.3 is 0 Å². The van der Waals surface area contributed by atoms with Crippen LogP contribution in [-0.4, -0.2) is 42.6 Å². The van der Waals surface area contributed by atoms with Crippen molar-refractivity contribution < 1.29 is 13.2 Å². The van der Waals surface area contributed by atoms with E-state index in [2.05, 4.69) is 5.10 Å². The average Bonchev–Trinajstić information content (AvgIpc) is 2.67. The molecule has 2 aliphatic heterocycles. The summed E-state index contributed by atoms with van der Waals surface area (Å²) in [6.07, 6.45) is 0.510. The van der Waals surface area contributed by atoms with E-state index in [0.717, 1.165) is 5.71 Å². The molecule has 0 aliphatic carbocycles. The monoisotopic (exact) mass is 258 g/mol. The van der Waals surface area contributed by atoms with E-state index in [1.54, 1.807) is 0 Å². The summed E-state index contributed by atoms with van der Waals surface area (Å²) < 4.78 is 22.8. The number of nitrogens with zero attached hydrogens (tertiary/aromatic N) is 2. The number of hydrogen-bond acceptors (Lipinski definition) is 4. The van der Waals surface area contributed by atoms with Gasteiger partial charge in [0.15, 0.2) is 9.84 Å². The maximum Gasteiger partial charge on any atom is 0.252 e. The summed E-state index contributed by atoms with van der Waals surface area (Å²) in [5.74, 6) is 0.204. The Morgan fingerprint density at radius 2 is 2.06 bits per heavy atom. The Balaban J connectivity index is 2.18. The fourth-order valence-electron chi connectivity index (χ4n) is 2.60. The third-order valence-electron chi connectivity index (χ3n) is 3.43. The lowest BCUT2D eigenvalue weighted by atomic mass is 9.91. The minimum atomic E-state index is -2.97. The van der Waals surface area contributed by atoms with Gasteiger partial charge in [0, 0.05) is 5.71 Å². The molecule has 0 aromatic heterocycles. The first-order valence-electron chi connectivity index (χ1n) is 5.90. The molecule has 0 spiro atoms. The fourth-order valence-corrected chi connectivity index (χ4v) is 4.29. The Bertz CT molecular complexity index is 467. The molecule has 0 N–H and O–H groups in total. The van der Waals surface area contributed by atoms with Crippen molar-refractivity contribution in [2.45, 2.75) is 33.2 Å². The molecular formula is C11H18N2O3S. The standard InChI is InChI=1S/C11H18N2O3S/c1-7(2)10-8(3)12-13(11(10)14)9-4-5-17(15,16)6-9/h7,9-10H,4-6H2,1-3H3. The second-order valence-corrected chi connectivity index (χ2v) is 7.43. The third-order valence-corrected chi connectivity index (χ3v) is 5.18. The zero-order valence-corrected chi connectivity index (χ0v) is 11.2. The van der Waals surface area contributed by atoms with Crippen LogP contribution in [0.15, 0.2) is 5.10 Å². The van der Waals surface area contributed by atoms with Crippen molar-refractivity contribution in [2.24, 2.45) is 16.9 Å².